The van der Waals surface area contributed by atoms with Gasteiger partial charge in [-0.05, 0) is 6.07 Å². The first-order chi connectivity index (χ1) is 9.68. The molecule has 0 unspecified atom stereocenters. The van der Waals surface area contributed by atoms with Gasteiger partial charge in [-0.2, -0.15) is 0 Å². The summed E-state index contributed by atoms with van der Waals surface area (Å²) in [6.45, 7) is 0.0629. The van der Waals surface area contributed by atoms with E-state index in [9.17, 15) is 4.79 Å². The number of nitrogens with zero attached hydrogens (tertiary/aromatic N) is 4. The molecule has 6 heteroatoms. The molecule has 0 atom stereocenters. The topological polar surface area (TPSA) is 58.5 Å². The van der Waals surface area contributed by atoms with Gasteiger partial charge in [0.2, 0.25) is 5.91 Å². The van der Waals surface area contributed by atoms with Gasteiger partial charge in [0, 0.05) is 12.6 Å². The molecule has 2 aromatic rings. The Morgan fingerprint density at radius 1 is 1.30 bits per heavy atom. The minimum atomic E-state index is -0.108. The number of likely N-dealkylation sites (N-methyl/N-ethyl adjacent to an activating group) is 1. The molecule has 0 saturated carbocycles. The van der Waals surface area contributed by atoms with E-state index in [1.54, 1.807) is 19.3 Å². The maximum Gasteiger partial charge on any atom is 0.248 e. The molecule has 0 N–H and O–H groups in total. The summed E-state index contributed by atoms with van der Waals surface area (Å²) < 4.78 is 0. The zero-order valence-corrected chi connectivity index (χ0v) is 11.5. The molecule has 1 aromatic carbocycles. The Morgan fingerprint density at radius 2 is 2.10 bits per heavy atom. The SMILES string of the molecule is CN1C(=O)CN=C(c2ccccc2Cl)c2ncncc21. The number of halogens is 1. The van der Waals surface area contributed by atoms with E-state index < -0.39 is 0 Å². The summed E-state index contributed by atoms with van der Waals surface area (Å²) in [7, 11) is 1.69. The van der Waals surface area contributed by atoms with Crippen molar-refractivity contribution < 1.29 is 4.79 Å². The summed E-state index contributed by atoms with van der Waals surface area (Å²) >= 11 is 6.23. The number of hydrogen-bond acceptors (Lipinski definition) is 4. The monoisotopic (exact) mass is 286 g/mol. The van der Waals surface area contributed by atoms with E-state index in [-0.39, 0.29) is 12.5 Å². The highest BCUT2D eigenvalue weighted by molar-refractivity contribution is 6.36. The molecule has 0 bridgehead atoms. The van der Waals surface area contributed by atoms with Gasteiger partial charge in [0.05, 0.1) is 22.6 Å². The first kappa shape index (κ1) is 12.7. The van der Waals surface area contributed by atoms with Crippen molar-refractivity contribution in [3.05, 3.63) is 53.1 Å². The number of fused-ring (bicyclic) bond motifs is 1. The molecule has 20 heavy (non-hydrogen) atoms. The summed E-state index contributed by atoms with van der Waals surface area (Å²) in [6, 6.07) is 7.38. The Bertz CT molecular complexity index is 714. The van der Waals surface area contributed by atoms with Crippen LogP contribution in [0.2, 0.25) is 5.02 Å². The van der Waals surface area contributed by atoms with Crippen LogP contribution in [0.3, 0.4) is 0 Å². The minimum Gasteiger partial charge on any atom is -0.310 e. The molecule has 5 nitrogen and oxygen atoms in total. The van der Waals surface area contributed by atoms with Gasteiger partial charge >= 0.3 is 0 Å². The summed E-state index contributed by atoms with van der Waals surface area (Å²) in [6.07, 6.45) is 3.05. The van der Waals surface area contributed by atoms with Crippen molar-refractivity contribution in [2.45, 2.75) is 0 Å². The Labute approximate surface area is 121 Å². The van der Waals surface area contributed by atoms with Crippen LogP contribution in [0.15, 0.2) is 41.8 Å². The van der Waals surface area contributed by atoms with Crippen molar-refractivity contribution in [2.24, 2.45) is 4.99 Å². The normalized spacial score (nSPS) is 14.6. The van der Waals surface area contributed by atoms with E-state index in [0.717, 1.165) is 5.56 Å². The fraction of sp³-hybridized carbons (Fsp3) is 0.143. The van der Waals surface area contributed by atoms with Crippen molar-refractivity contribution in [1.29, 1.82) is 0 Å². The van der Waals surface area contributed by atoms with Crippen LogP contribution < -0.4 is 4.90 Å². The molecule has 0 fully saturated rings. The molecule has 3 rings (SSSR count). The van der Waals surface area contributed by atoms with E-state index >= 15 is 0 Å². The zero-order valence-electron chi connectivity index (χ0n) is 10.7. The highest BCUT2D eigenvalue weighted by atomic mass is 35.5. The number of anilines is 1. The average Bonchev–Trinajstić information content (AvgIpc) is 2.59. The lowest BCUT2D eigenvalue weighted by molar-refractivity contribution is -0.116. The van der Waals surface area contributed by atoms with Crippen LogP contribution in [0, 0.1) is 0 Å². The Balaban J connectivity index is 2.23. The molecule has 0 saturated heterocycles. The van der Waals surface area contributed by atoms with Gasteiger partial charge in [0.25, 0.3) is 0 Å². The average molecular weight is 287 g/mol. The number of rotatable bonds is 1. The van der Waals surface area contributed by atoms with Crippen molar-refractivity contribution in [2.75, 3.05) is 18.5 Å². The number of aliphatic imine (C=N–C) groups is 1. The molecule has 1 amide bonds. The van der Waals surface area contributed by atoms with Crippen molar-refractivity contribution in [3.8, 4) is 0 Å². The van der Waals surface area contributed by atoms with E-state index in [2.05, 4.69) is 15.0 Å². The molecular weight excluding hydrogens is 276 g/mol. The number of aromatic nitrogens is 2. The number of benzene rings is 1. The van der Waals surface area contributed by atoms with Crippen LogP contribution in [0.1, 0.15) is 11.3 Å². The van der Waals surface area contributed by atoms with Gasteiger partial charge < -0.3 is 4.90 Å². The van der Waals surface area contributed by atoms with Crippen molar-refractivity contribution in [3.63, 3.8) is 0 Å². The highest BCUT2D eigenvalue weighted by Crippen LogP contribution is 2.26. The maximum absolute atomic E-state index is 12.0. The largest absolute Gasteiger partial charge is 0.310 e. The van der Waals surface area contributed by atoms with Crippen molar-refractivity contribution in [1.82, 2.24) is 9.97 Å². The highest BCUT2D eigenvalue weighted by Gasteiger charge is 2.24. The minimum absolute atomic E-state index is 0.0629. The van der Waals surface area contributed by atoms with Crippen molar-refractivity contribution >= 4 is 28.9 Å². The second kappa shape index (κ2) is 5.02. The molecule has 2 heterocycles. The van der Waals surface area contributed by atoms with Gasteiger partial charge in [-0.1, -0.05) is 29.8 Å². The predicted molar refractivity (Wildman–Crippen MR) is 77.4 cm³/mol. The number of hydrogen-bond donors (Lipinski definition) is 0. The fourth-order valence-corrected chi connectivity index (χ4v) is 2.30. The van der Waals surface area contributed by atoms with E-state index in [4.69, 9.17) is 11.6 Å². The van der Waals surface area contributed by atoms with Crippen LogP contribution >= 0.6 is 11.6 Å². The predicted octanol–water partition coefficient (Wildman–Crippen LogP) is 1.94. The van der Waals surface area contributed by atoms with Crippen LogP contribution in [-0.4, -0.2) is 35.2 Å². The lowest BCUT2D eigenvalue weighted by atomic mass is 10.1. The van der Waals surface area contributed by atoms with Gasteiger partial charge in [0.1, 0.15) is 18.6 Å². The summed E-state index contributed by atoms with van der Waals surface area (Å²) in [5, 5.41) is 0.577. The van der Waals surface area contributed by atoms with E-state index in [1.165, 1.54) is 11.2 Å². The number of amides is 1. The van der Waals surface area contributed by atoms with E-state index in [0.29, 0.717) is 22.1 Å². The van der Waals surface area contributed by atoms with Gasteiger partial charge in [-0.15, -0.1) is 0 Å². The van der Waals surface area contributed by atoms with E-state index in [1.807, 2.05) is 18.2 Å². The third kappa shape index (κ3) is 2.06. The van der Waals surface area contributed by atoms with Crippen LogP contribution in [0.4, 0.5) is 5.69 Å². The molecule has 0 radical (unpaired) electrons. The lowest BCUT2D eigenvalue weighted by Gasteiger charge is -2.16. The second-order valence-corrected chi connectivity index (χ2v) is 4.76. The quantitative estimate of drug-likeness (QED) is 0.805. The first-order valence-corrected chi connectivity index (χ1v) is 6.42. The number of carbonyl (C=O) groups excluding carboxylic acids is 1. The van der Waals surface area contributed by atoms with Crippen LogP contribution in [-0.2, 0) is 4.79 Å². The summed E-state index contributed by atoms with van der Waals surface area (Å²) in [5.74, 6) is -0.108. The van der Waals surface area contributed by atoms with Gasteiger partial charge in [-0.3, -0.25) is 9.79 Å². The summed E-state index contributed by atoms with van der Waals surface area (Å²) in [4.78, 5) is 26.1. The third-order valence-corrected chi connectivity index (χ3v) is 3.48. The Kier molecular flexibility index (Phi) is 3.20. The maximum atomic E-state index is 12.0. The third-order valence-electron chi connectivity index (χ3n) is 3.15. The molecule has 1 aliphatic heterocycles. The Hall–Kier alpha value is -2.27. The first-order valence-electron chi connectivity index (χ1n) is 6.05. The van der Waals surface area contributed by atoms with Gasteiger partial charge in [-0.25, -0.2) is 9.97 Å². The zero-order chi connectivity index (χ0) is 14.1. The molecule has 100 valence electrons. The molecule has 0 spiro atoms. The standard InChI is InChI=1S/C14H11ClN4O/c1-19-11-6-16-8-18-14(11)13(17-7-12(19)20)9-4-2-3-5-10(9)15/h2-6,8H,7H2,1H3. The smallest absolute Gasteiger partial charge is 0.248 e. The van der Waals surface area contributed by atoms with Crippen LogP contribution in [0.25, 0.3) is 0 Å². The van der Waals surface area contributed by atoms with Crippen LogP contribution in [0.5, 0.6) is 0 Å². The second-order valence-electron chi connectivity index (χ2n) is 4.35. The molecule has 1 aliphatic rings. The number of carbonyl (C=O) groups is 1. The summed E-state index contributed by atoms with van der Waals surface area (Å²) in [5.41, 5.74) is 2.62. The molecular formula is C14H11ClN4O. The molecule has 0 aliphatic carbocycles. The Morgan fingerprint density at radius 3 is 2.90 bits per heavy atom. The lowest BCUT2D eigenvalue weighted by Crippen LogP contribution is -2.28. The molecule has 1 aromatic heterocycles. The van der Waals surface area contributed by atoms with Gasteiger partial charge in [0.15, 0.2) is 0 Å². The fourth-order valence-electron chi connectivity index (χ4n) is 2.08.